The third-order valence-electron chi connectivity index (χ3n) is 11.0. The Labute approximate surface area is 352 Å². The quantitative estimate of drug-likeness (QED) is 0.0737. The number of ether oxygens (including phenoxy) is 3. The summed E-state index contributed by atoms with van der Waals surface area (Å²) in [6, 6.07) is 14.9. The number of methoxy groups -OCH3 is 1. The van der Waals surface area contributed by atoms with E-state index in [1.807, 2.05) is 44.3 Å². The number of carbonyl (C=O) groups is 6. The molecule has 0 spiro atoms. The van der Waals surface area contributed by atoms with E-state index in [0.29, 0.717) is 44.3 Å². The fourth-order valence-electron chi connectivity index (χ4n) is 7.37. The van der Waals surface area contributed by atoms with Gasteiger partial charge in [-0.2, -0.15) is 0 Å². The molecule has 17 heteroatoms. The van der Waals surface area contributed by atoms with Gasteiger partial charge in [0.25, 0.3) is 0 Å². The number of nitrogens with one attached hydrogen (secondary N) is 6. The maximum atomic E-state index is 13.6. The SMILES string of the molecule is CNCCCC(NC(=O)CNC(=O)CCCC1OCC(C(N)=O)CO1)C(=O)Nc1ccc(CNC(=O)C(Cc2ccccc2)NC(=O)C(C)C(OC)C2CCCN2C)cc1. The molecule has 330 valence electrons. The number of amides is 6. The van der Waals surface area contributed by atoms with E-state index in [4.69, 9.17) is 19.9 Å². The van der Waals surface area contributed by atoms with E-state index < -0.39 is 47.9 Å². The number of anilines is 1. The van der Waals surface area contributed by atoms with Crippen LogP contribution in [-0.2, 0) is 55.9 Å². The molecule has 8 N–H and O–H groups in total. The van der Waals surface area contributed by atoms with E-state index in [2.05, 4.69) is 36.8 Å². The highest BCUT2D eigenvalue weighted by Crippen LogP contribution is 2.25. The lowest BCUT2D eigenvalue weighted by Gasteiger charge is -2.32. The molecular weight excluding hydrogens is 773 g/mol. The number of hydrogen-bond donors (Lipinski definition) is 7. The molecule has 0 radical (unpaired) electrons. The van der Waals surface area contributed by atoms with Crippen molar-refractivity contribution in [3.8, 4) is 0 Å². The first-order valence-electron chi connectivity index (χ1n) is 20.9. The van der Waals surface area contributed by atoms with Crippen LogP contribution in [0.25, 0.3) is 0 Å². The number of primary amides is 1. The van der Waals surface area contributed by atoms with Crippen LogP contribution in [0.5, 0.6) is 0 Å². The summed E-state index contributed by atoms with van der Waals surface area (Å²) in [7, 11) is 5.46. The molecule has 60 heavy (non-hydrogen) atoms. The van der Waals surface area contributed by atoms with Crippen LogP contribution in [-0.4, -0.2) is 125 Å². The van der Waals surface area contributed by atoms with E-state index in [0.717, 1.165) is 30.5 Å². The smallest absolute Gasteiger partial charge is 0.246 e. The average Bonchev–Trinajstić information content (AvgIpc) is 3.67. The van der Waals surface area contributed by atoms with Crippen molar-refractivity contribution in [2.75, 3.05) is 59.4 Å². The molecule has 0 aliphatic carbocycles. The molecule has 2 heterocycles. The second kappa shape index (κ2) is 25.0. The summed E-state index contributed by atoms with van der Waals surface area (Å²) >= 11 is 0. The molecule has 2 aromatic carbocycles. The van der Waals surface area contributed by atoms with E-state index in [-0.39, 0.29) is 62.6 Å². The van der Waals surface area contributed by atoms with Crippen molar-refractivity contribution in [3.63, 3.8) is 0 Å². The highest BCUT2D eigenvalue weighted by atomic mass is 16.7. The number of likely N-dealkylation sites (N-methyl/N-ethyl adjacent to an activating group) is 1. The van der Waals surface area contributed by atoms with Gasteiger partial charge in [-0.1, -0.05) is 49.4 Å². The Morgan fingerprint density at radius 2 is 1.58 bits per heavy atom. The maximum Gasteiger partial charge on any atom is 0.246 e. The van der Waals surface area contributed by atoms with Crippen molar-refractivity contribution in [1.82, 2.24) is 31.5 Å². The molecule has 0 saturated carbocycles. The lowest BCUT2D eigenvalue weighted by molar-refractivity contribution is -0.203. The zero-order chi connectivity index (χ0) is 43.4. The van der Waals surface area contributed by atoms with E-state index in [1.165, 1.54) is 0 Å². The molecule has 0 aromatic heterocycles. The van der Waals surface area contributed by atoms with E-state index in [1.54, 1.807) is 38.4 Å². The van der Waals surface area contributed by atoms with Crippen LogP contribution < -0.4 is 37.6 Å². The van der Waals surface area contributed by atoms with Crippen molar-refractivity contribution in [3.05, 3.63) is 65.7 Å². The molecule has 17 nitrogen and oxygen atoms in total. The molecule has 2 saturated heterocycles. The first-order chi connectivity index (χ1) is 28.9. The largest absolute Gasteiger partial charge is 0.379 e. The van der Waals surface area contributed by atoms with Crippen LogP contribution in [0.2, 0.25) is 0 Å². The third-order valence-corrected chi connectivity index (χ3v) is 11.0. The first kappa shape index (κ1) is 47.7. The Kier molecular flexibility index (Phi) is 19.9. The summed E-state index contributed by atoms with van der Waals surface area (Å²) < 4.78 is 16.8. The maximum absolute atomic E-state index is 13.6. The predicted molar refractivity (Wildman–Crippen MR) is 225 cm³/mol. The fourth-order valence-corrected chi connectivity index (χ4v) is 7.37. The molecule has 5 atom stereocenters. The molecule has 2 aliphatic heterocycles. The molecule has 0 bridgehead atoms. The Hall–Kier alpha value is -4.94. The van der Waals surface area contributed by atoms with Gasteiger partial charge in [0.1, 0.15) is 12.1 Å². The Balaban J connectivity index is 1.26. The van der Waals surface area contributed by atoms with E-state index in [9.17, 15) is 28.8 Å². The third kappa shape index (κ3) is 15.6. The molecule has 6 amide bonds. The predicted octanol–water partition coefficient (Wildman–Crippen LogP) is 0.959. The lowest BCUT2D eigenvalue weighted by atomic mass is 9.94. The summed E-state index contributed by atoms with van der Waals surface area (Å²) in [6.45, 7) is 3.66. The van der Waals surface area contributed by atoms with Crippen molar-refractivity contribution < 1.29 is 43.0 Å². The highest BCUT2D eigenvalue weighted by molar-refractivity contribution is 5.97. The fraction of sp³-hybridized carbons (Fsp3) is 0.581. The minimum atomic E-state index is -0.857. The number of carbonyl (C=O) groups excluding carboxylic acids is 6. The highest BCUT2D eigenvalue weighted by Gasteiger charge is 2.37. The van der Waals surface area contributed by atoms with Gasteiger partial charge in [0, 0.05) is 38.2 Å². The monoisotopic (exact) mass is 836 g/mol. The number of likely N-dealkylation sites (tertiary alicyclic amines) is 1. The van der Waals surface area contributed by atoms with Crippen LogP contribution in [0.15, 0.2) is 54.6 Å². The summed E-state index contributed by atoms with van der Waals surface area (Å²) in [4.78, 5) is 79.2. The summed E-state index contributed by atoms with van der Waals surface area (Å²) in [5.74, 6) is -3.28. The molecule has 2 aliphatic rings. The Morgan fingerprint density at radius 3 is 2.22 bits per heavy atom. The van der Waals surface area contributed by atoms with E-state index >= 15 is 0 Å². The van der Waals surface area contributed by atoms with Gasteiger partial charge in [0.05, 0.1) is 37.7 Å². The number of nitrogens with two attached hydrogens (primary N) is 1. The minimum absolute atomic E-state index is 0.121. The molecule has 4 rings (SSSR count). The molecular formula is C43H64N8O9. The van der Waals surface area contributed by atoms with Crippen molar-refractivity contribution in [2.45, 2.75) is 95.4 Å². The van der Waals surface area contributed by atoms with Gasteiger partial charge in [-0.3, -0.25) is 28.8 Å². The lowest BCUT2D eigenvalue weighted by Crippen LogP contribution is -2.53. The van der Waals surface area contributed by atoms with Crippen molar-refractivity contribution in [1.29, 1.82) is 0 Å². The minimum Gasteiger partial charge on any atom is -0.379 e. The average molecular weight is 837 g/mol. The van der Waals surface area contributed by atoms with Gasteiger partial charge in [-0.25, -0.2) is 0 Å². The summed E-state index contributed by atoms with van der Waals surface area (Å²) in [5, 5.41) is 17.2. The zero-order valence-electron chi connectivity index (χ0n) is 35.3. The van der Waals surface area contributed by atoms with Gasteiger partial charge < -0.3 is 56.7 Å². The normalized spacial score (nSPS) is 19.9. The number of rotatable bonds is 24. The van der Waals surface area contributed by atoms with Crippen LogP contribution >= 0.6 is 0 Å². The van der Waals surface area contributed by atoms with Gasteiger partial charge in [0.2, 0.25) is 35.4 Å². The molecule has 2 aromatic rings. The Bertz CT molecular complexity index is 1690. The second-order valence-corrected chi connectivity index (χ2v) is 15.6. The van der Waals surface area contributed by atoms with Crippen molar-refractivity contribution >= 4 is 41.1 Å². The van der Waals surface area contributed by atoms with Gasteiger partial charge >= 0.3 is 0 Å². The van der Waals surface area contributed by atoms with Gasteiger partial charge in [0.15, 0.2) is 6.29 Å². The number of hydrogen-bond acceptors (Lipinski definition) is 11. The first-order valence-corrected chi connectivity index (χ1v) is 20.9. The topological polar surface area (TPSA) is 232 Å². The van der Waals surface area contributed by atoms with Crippen molar-refractivity contribution in [2.24, 2.45) is 17.6 Å². The number of nitrogens with zero attached hydrogens (tertiary/aromatic N) is 1. The zero-order valence-corrected chi connectivity index (χ0v) is 35.3. The van der Waals surface area contributed by atoms with Gasteiger partial charge in [-0.15, -0.1) is 0 Å². The van der Waals surface area contributed by atoms with Crippen LogP contribution in [0.3, 0.4) is 0 Å². The number of benzene rings is 2. The second-order valence-electron chi connectivity index (χ2n) is 15.6. The summed E-state index contributed by atoms with van der Waals surface area (Å²) in [5.41, 5.74) is 7.45. The Morgan fingerprint density at radius 1 is 0.867 bits per heavy atom. The molecule has 2 fully saturated rings. The summed E-state index contributed by atoms with van der Waals surface area (Å²) in [6.07, 6.45) is 3.45. The van der Waals surface area contributed by atoms with Crippen LogP contribution in [0, 0.1) is 11.8 Å². The molecule has 5 unspecified atom stereocenters. The van der Waals surface area contributed by atoms with Crippen LogP contribution in [0.1, 0.15) is 63.0 Å². The van der Waals surface area contributed by atoms with Crippen LogP contribution in [0.4, 0.5) is 5.69 Å². The standard InChI is InChI=1S/C43H64N8O9/c1-28(39(58-4)35-14-10-22-51(35)3)41(55)50-34(23-29-11-6-5-7-12-29)42(56)47-24-30-17-19-32(20-18-30)48-43(57)33(13-9-21-45-2)49-37(53)25-46-36(52)15-8-16-38-59-26-31(27-60-38)40(44)54/h5-7,11-12,17-20,28,31,33-35,38-39,45H,8-10,13-16,21-27H2,1-4H3,(H2,44,54)(H,46,52)(H,47,56)(H,48,57)(H,49,53)(H,50,55). The van der Waals surface area contributed by atoms with Gasteiger partial charge in [-0.05, 0) is 89.0 Å².